The van der Waals surface area contributed by atoms with Crippen molar-refractivity contribution in [1.29, 1.82) is 0 Å². The molecule has 0 fully saturated rings. The molecule has 3 aromatic heterocycles. The van der Waals surface area contributed by atoms with Crippen molar-refractivity contribution in [2.24, 2.45) is 0 Å². The van der Waals surface area contributed by atoms with Gasteiger partial charge >= 0.3 is 0 Å². The molecule has 0 saturated heterocycles. The first kappa shape index (κ1) is 14.1. The number of amides is 1. The second kappa shape index (κ2) is 5.62. The zero-order valence-corrected chi connectivity index (χ0v) is 12.6. The first-order valence-electron chi connectivity index (χ1n) is 7.38. The third-order valence-electron chi connectivity index (χ3n) is 3.73. The van der Waals surface area contributed by atoms with E-state index in [2.05, 4.69) is 15.4 Å². The van der Waals surface area contributed by atoms with Crippen LogP contribution in [-0.4, -0.2) is 25.1 Å². The van der Waals surface area contributed by atoms with Gasteiger partial charge in [-0.15, -0.1) is 0 Å². The molecule has 118 valence electrons. The SMILES string of the molecule is O=C(Cn1cnc2ccccc2c1=O)Nc1ccn2nccc2c1. The summed E-state index contributed by atoms with van der Waals surface area (Å²) in [4.78, 5) is 28.8. The zero-order chi connectivity index (χ0) is 16.5. The third-order valence-corrected chi connectivity index (χ3v) is 3.73. The van der Waals surface area contributed by atoms with E-state index in [0.29, 0.717) is 16.6 Å². The number of benzene rings is 1. The van der Waals surface area contributed by atoms with E-state index in [9.17, 15) is 9.59 Å². The normalized spacial score (nSPS) is 11.0. The van der Waals surface area contributed by atoms with Crippen LogP contribution in [-0.2, 0) is 11.3 Å². The summed E-state index contributed by atoms with van der Waals surface area (Å²) >= 11 is 0. The fraction of sp³-hybridized carbons (Fsp3) is 0.0588. The minimum Gasteiger partial charge on any atom is -0.324 e. The van der Waals surface area contributed by atoms with Crippen molar-refractivity contribution in [3.63, 3.8) is 0 Å². The Balaban J connectivity index is 1.57. The van der Waals surface area contributed by atoms with E-state index in [1.807, 2.05) is 18.2 Å². The van der Waals surface area contributed by atoms with Crippen LogP contribution in [0.15, 0.2) is 66.0 Å². The highest BCUT2D eigenvalue weighted by molar-refractivity contribution is 5.91. The number of carbonyl (C=O) groups excluding carboxylic acids is 1. The number of pyridine rings is 1. The van der Waals surface area contributed by atoms with Crippen molar-refractivity contribution in [2.45, 2.75) is 6.54 Å². The maximum atomic E-state index is 12.4. The second-order valence-corrected chi connectivity index (χ2v) is 5.36. The van der Waals surface area contributed by atoms with Crippen molar-refractivity contribution in [3.05, 3.63) is 71.5 Å². The monoisotopic (exact) mass is 319 g/mol. The van der Waals surface area contributed by atoms with E-state index in [1.54, 1.807) is 41.2 Å². The summed E-state index contributed by atoms with van der Waals surface area (Å²) in [6.45, 7) is -0.0961. The smallest absolute Gasteiger partial charge is 0.261 e. The molecular weight excluding hydrogens is 306 g/mol. The lowest BCUT2D eigenvalue weighted by Crippen LogP contribution is -2.27. The first-order chi connectivity index (χ1) is 11.7. The van der Waals surface area contributed by atoms with Crippen LogP contribution in [0.4, 0.5) is 5.69 Å². The Labute approximate surface area is 136 Å². The van der Waals surface area contributed by atoms with Gasteiger partial charge in [-0.05, 0) is 30.3 Å². The number of hydrogen-bond donors (Lipinski definition) is 1. The summed E-state index contributed by atoms with van der Waals surface area (Å²) in [5.74, 6) is -0.293. The summed E-state index contributed by atoms with van der Waals surface area (Å²) in [6.07, 6.45) is 4.83. The van der Waals surface area contributed by atoms with Crippen LogP contribution in [0, 0.1) is 0 Å². The van der Waals surface area contributed by atoms with Gasteiger partial charge in [-0.1, -0.05) is 12.1 Å². The zero-order valence-electron chi connectivity index (χ0n) is 12.6. The molecule has 1 amide bonds. The lowest BCUT2D eigenvalue weighted by atomic mass is 10.2. The van der Waals surface area contributed by atoms with Gasteiger partial charge in [0.2, 0.25) is 5.91 Å². The van der Waals surface area contributed by atoms with E-state index >= 15 is 0 Å². The topological polar surface area (TPSA) is 81.3 Å². The van der Waals surface area contributed by atoms with Crippen LogP contribution in [0.1, 0.15) is 0 Å². The number of anilines is 1. The molecule has 0 aliphatic heterocycles. The standard InChI is InChI=1S/C17H13N5O2/c23-16(20-12-6-8-22-13(9-12)5-7-19-22)10-21-11-18-15-4-2-1-3-14(15)17(21)24/h1-9,11H,10H2,(H,20,23). The minimum atomic E-state index is -0.293. The fourth-order valence-corrected chi connectivity index (χ4v) is 2.57. The average Bonchev–Trinajstić information content (AvgIpc) is 3.05. The maximum Gasteiger partial charge on any atom is 0.261 e. The van der Waals surface area contributed by atoms with Crippen molar-refractivity contribution in [3.8, 4) is 0 Å². The molecule has 7 heteroatoms. The van der Waals surface area contributed by atoms with Crippen molar-refractivity contribution in [1.82, 2.24) is 19.2 Å². The van der Waals surface area contributed by atoms with E-state index in [1.165, 1.54) is 10.9 Å². The largest absolute Gasteiger partial charge is 0.324 e. The van der Waals surface area contributed by atoms with Gasteiger partial charge in [-0.2, -0.15) is 5.10 Å². The summed E-state index contributed by atoms with van der Waals surface area (Å²) in [6, 6.07) is 12.5. The van der Waals surface area contributed by atoms with E-state index in [-0.39, 0.29) is 18.0 Å². The molecule has 0 atom stereocenters. The Morgan fingerprint density at radius 1 is 1.17 bits per heavy atom. The number of hydrogen-bond acceptors (Lipinski definition) is 4. The molecule has 0 bridgehead atoms. The average molecular weight is 319 g/mol. The molecule has 7 nitrogen and oxygen atoms in total. The van der Waals surface area contributed by atoms with Crippen LogP contribution in [0.25, 0.3) is 16.4 Å². The maximum absolute atomic E-state index is 12.4. The Kier molecular flexibility index (Phi) is 3.31. The highest BCUT2D eigenvalue weighted by Gasteiger charge is 2.08. The van der Waals surface area contributed by atoms with Gasteiger partial charge in [0.05, 0.1) is 22.7 Å². The minimum absolute atomic E-state index is 0.0961. The van der Waals surface area contributed by atoms with E-state index < -0.39 is 0 Å². The van der Waals surface area contributed by atoms with Gasteiger partial charge < -0.3 is 5.32 Å². The molecule has 1 aromatic carbocycles. The van der Waals surface area contributed by atoms with Gasteiger partial charge in [0, 0.05) is 18.1 Å². The highest BCUT2D eigenvalue weighted by Crippen LogP contribution is 2.11. The third kappa shape index (κ3) is 2.52. The molecule has 0 spiro atoms. The van der Waals surface area contributed by atoms with Crippen LogP contribution < -0.4 is 10.9 Å². The predicted octanol–water partition coefficient (Wildman–Crippen LogP) is 1.68. The number of para-hydroxylation sites is 1. The number of aromatic nitrogens is 4. The Hall–Kier alpha value is -3.48. The molecule has 0 radical (unpaired) electrons. The Morgan fingerprint density at radius 2 is 2.04 bits per heavy atom. The summed E-state index contributed by atoms with van der Waals surface area (Å²) in [5, 5.41) is 7.37. The summed E-state index contributed by atoms with van der Waals surface area (Å²) < 4.78 is 3.00. The Morgan fingerprint density at radius 3 is 2.96 bits per heavy atom. The fourth-order valence-electron chi connectivity index (χ4n) is 2.57. The van der Waals surface area contributed by atoms with Gasteiger partial charge in [0.25, 0.3) is 5.56 Å². The van der Waals surface area contributed by atoms with Crippen LogP contribution in [0.5, 0.6) is 0 Å². The quantitative estimate of drug-likeness (QED) is 0.623. The predicted molar refractivity (Wildman–Crippen MR) is 89.8 cm³/mol. The summed E-state index contributed by atoms with van der Waals surface area (Å²) in [5.41, 5.74) is 1.90. The first-order valence-corrected chi connectivity index (χ1v) is 7.38. The number of nitrogens with zero attached hydrogens (tertiary/aromatic N) is 4. The van der Waals surface area contributed by atoms with E-state index in [4.69, 9.17) is 0 Å². The number of nitrogens with one attached hydrogen (secondary N) is 1. The molecule has 4 rings (SSSR count). The molecular formula is C17H13N5O2. The molecule has 0 aliphatic rings. The molecule has 4 aromatic rings. The van der Waals surface area contributed by atoms with E-state index in [0.717, 1.165) is 5.52 Å². The van der Waals surface area contributed by atoms with Crippen molar-refractivity contribution >= 4 is 28.0 Å². The lowest BCUT2D eigenvalue weighted by Gasteiger charge is -2.08. The molecule has 0 unspecified atom stereocenters. The van der Waals surface area contributed by atoms with Crippen LogP contribution >= 0.6 is 0 Å². The number of rotatable bonds is 3. The number of fused-ring (bicyclic) bond motifs is 2. The molecule has 0 aliphatic carbocycles. The van der Waals surface area contributed by atoms with Crippen molar-refractivity contribution < 1.29 is 4.79 Å². The Bertz CT molecular complexity index is 1110. The van der Waals surface area contributed by atoms with Crippen LogP contribution in [0.2, 0.25) is 0 Å². The van der Waals surface area contributed by atoms with Gasteiger partial charge in [0.15, 0.2) is 0 Å². The molecule has 1 N–H and O–H groups in total. The second-order valence-electron chi connectivity index (χ2n) is 5.36. The summed E-state index contributed by atoms with van der Waals surface area (Å²) in [7, 11) is 0. The molecule has 0 saturated carbocycles. The highest BCUT2D eigenvalue weighted by atomic mass is 16.2. The van der Waals surface area contributed by atoms with Gasteiger partial charge in [-0.25, -0.2) is 9.50 Å². The lowest BCUT2D eigenvalue weighted by molar-refractivity contribution is -0.116. The number of carbonyl (C=O) groups is 1. The van der Waals surface area contributed by atoms with Crippen LogP contribution in [0.3, 0.4) is 0 Å². The van der Waals surface area contributed by atoms with Gasteiger partial charge in [-0.3, -0.25) is 14.2 Å². The molecule has 24 heavy (non-hydrogen) atoms. The van der Waals surface area contributed by atoms with Gasteiger partial charge in [0.1, 0.15) is 6.54 Å². The molecule has 3 heterocycles. The van der Waals surface area contributed by atoms with Crippen molar-refractivity contribution in [2.75, 3.05) is 5.32 Å².